The van der Waals surface area contributed by atoms with Crippen molar-refractivity contribution in [1.82, 2.24) is 0 Å². The summed E-state index contributed by atoms with van der Waals surface area (Å²) in [5, 5.41) is 11.1. The summed E-state index contributed by atoms with van der Waals surface area (Å²) in [5.74, 6) is -0.392. The third-order valence-corrected chi connectivity index (χ3v) is 3.92. The van der Waals surface area contributed by atoms with Crippen molar-refractivity contribution in [3.05, 3.63) is 71.8 Å². The van der Waals surface area contributed by atoms with Crippen molar-refractivity contribution in [3.63, 3.8) is 0 Å². The van der Waals surface area contributed by atoms with Crippen LogP contribution < -0.4 is 0 Å². The molecule has 0 spiro atoms. The summed E-state index contributed by atoms with van der Waals surface area (Å²) in [4.78, 5) is 12.8. The third-order valence-electron chi connectivity index (χ3n) is 3.92. The second kappa shape index (κ2) is 6.02. The fourth-order valence-electron chi connectivity index (χ4n) is 2.44. The first-order valence-corrected chi connectivity index (χ1v) is 6.98. The van der Waals surface area contributed by atoms with Gasteiger partial charge in [0.25, 0.3) is 0 Å². The maximum atomic E-state index is 12.8. The van der Waals surface area contributed by atoms with Crippen molar-refractivity contribution in [1.29, 1.82) is 0 Å². The van der Waals surface area contributed by atoms with E-state index in [9.17, 15) is 9.90 Å². The van der Waals surface area contributed by atoms with Gasteiger partial charge < -0.3 is 5.11 Å². The molecule has 20 heavy (non-hydrogen) atoms. The monoisotopic (exact) mass is 268 g/mol. The van der Waals surface area contributed by atoms with Crippen molar-refractivity contribution >= 4 is 5.78 Å². The molecule has 0 bridgehead atoms. The molecule has 2 nitrogen and oxygen atoms in total. The molecule has 2 rings (SSSR count). The second-order valence-corrected chi connectivity index (χ2v) is 5.14. The van der Waals surface area contributed by atoms with Crippen LogP contribution in [0.25, 0.3) is 0 Å². The molecule has 0 heterocycles. The third kappa shape index (κ3) is 2.52. The molecule has 0 saturated heterocycles. The molecule has 0 aliphatic heterocycles. The summed E-state index contributed by atoms with van der Waals surface area (Å²) in [6.45, 7) is 3.89. The van der Waals surface area contributed by atoms with Gasteiger partial charge >= 0.3 is 0 Å². The van der Waals surface area contributed by atoms with Gasteiger partial charge in [-0.05, 0) is 11.5 Å². The highest BCUT2D eigenvalue weighted by atomic mass is 16.3. The van der Waals surface area contributed by atoms with E-state index in [1.807, 2.05) is 62.4 Å². The minimum absolute atomic E-state index is 0.155. The molecule has 0 aliphatic carbocycles. The van der Waals surface area contributed by atoms with E-state index < -0.39 is 5.60 Å². The lowest BCUT2D eigenvalue weighted by Gasteiger charge is -2.33. The Morgan fingerprint density at radius 2 is 1.55 bits per heavy atom. The molecule has 1 N–H and O–H groups in total. The summed E-state index contributed by atoms with van der Waals surface area (Å²) >= 11 is 0. The molecular formula is C18H20O2. The van der Waals surface area contributed by atoms with Gasteiger partial charge in [-0.1, -0.05) is 80.9 Å². The van der Waals surface area contributed by atoms with Gasteiger partial charge in [-0.15, -0.1) is 0 Å². The van der Waals surface area contributed by atoms with Crippen LogP contribution in [0, 0.1) is 5.92 Å². The Balaban J connectivity index is 2.51. The Morgan fingerprint density at radius 3 is 2.05 bits per heavy atom. The quantitative estimate of drug-likeness (QED) is 0.837. The van der Waals surface area contributed by atoms with E-state index in [-0.39, 0.29) is 11.7 Å². The molecule has 2 unspecified atom stereocenters. The molecule has 0 aromatic heterocycles. The SMILES string of the molecule is CCC(C)C(O)(C(=O)c1ccccc1)c1ccccc1. The van der Waals surface area contributed by atoms with E-state index in [1.54, 1.807) is 12.1 Å². The summed E-state index contributed by atoms with van der Waals surface area (Å²) in [6.07, 6.45) is 0.726. The number of ketones is 1. The van der Waals surface area contributed by atoms with Gasteiger partial charge in [0.15, 0.2) is 11.4 Å². The molecule has 0 radical (unpaired) electrons. The molecule has 0 aliphatic rings. The van der Waals surface area contributed by atoms with Gasteiger partial charge in [-0.25, -0.2) is 0 Å². The van der Waals surface area contributed by atoms with Crippen LogP contribution in [0.5, 0.6) is 0 Å². The first kappa shape index (κ1) is 14.5. The van der Waals surface area contributed by atoms with Crippen LogP contribution in [0.4, 0.5) is 0 Å². The topological polar surface area (TPSA) is 37.3 Å². The molecular weight excluding hydrogens is 248 g/mol. The normalized spacial score (nSPS) is 15.3. The molecule has 2 aromatic rings. The lowest BCUT2D eigenvalue weighted by molar-refractivity contribution is -0.00279. The zero-order valence-corrected chi connectivity index (χ0v) is 11.9. The van der Waals surface area contributed by atoms with Gasteiger partial charge in [0.1, 0.15) is 0 Å². The van der Waals surface area contributed by atoms with Crippen molar-refractivity contribution < 1.29 is 9.90 Å². The Kier molecular flexibility index (Phi) is 4.35. The summed E-state index contributed by atoms with van der Waals surface area (Å²) in [7, 11) is 0. The Bertz CT molecular complexity index is 562. The predicted molar refractivity (Wildman–Crippen MR) is 80.6 cm³/mol. The van der Waals surface area contributed by atoms with E-state index in [1.165, 1.54) is 0 Å². The zero-order chi connectivity index (χ0) is 14.6. The molecule has 2 heteroatoms. The molecule has 2 atom stereocenters. The zero-order valence-electron chi connectivity index (χ0n) is 11.9. The van der Waals surface area contributed by atoms with E-state index in [2.05, 4.69) is 0 Å². The first-order chi connectivity index (χ1) is 9.60. The van der Waals surface area contributed by atoms with Gasteiger partial charge in [0.2, 0.25) is 0 Å². The number of carbonyl (C=O) groups is 1. The maximum Gasteiger partial charge on any atom is 0.199 e. The lowest BCUT2D eigenvalue weighted by Crippen LogP contribution is -2.41. The molecule has 104 valence electrons. The summed E-state index contributed by atoms with van der Waals surface area (Å²) < 4.78 is 0. The van der Waals surface area contributed by atoms with E-state index in [0.29, 0.717) is 11.1 Å². The maximum absolute atomic E-state index is 12.8. The van der Waals surface area contributed by atoms with Crippen LogP contribution in [0.1, 0.15) is 36.2 Å². The van der Waals surface area contributed by atoms with Gasteiger partial charge in [0.05, 0.1) is 0 Å². The smallest absolute Gasteiger partial charge is 0.199 e. The Hall–Kier alpha value is -1.93. The fourth-order valence-corrected chi connectivity index (χ4v) is 2.44. The van der Waals surface area contributed by atoms with Gasteiger partial charge in [-0.2, -0.15) is 0 Å². The van der Waals surface area contributed by atoms with Crippen LogP contribution >= 0.6 is 0 Å². The van der Waals surface area contributed by atoms with E-state index >= 15 is 0 Å². The van der Waals surface area contributed by atoms with Crippen LogP contribution in [0.15, 0.2) is 60.7 Å². The van der Waals surface area contributed by atoms with Crippen molar-refractivity contribution in [3.8, 4) is 0 Å². The standard InChI is InChI=1S/C18H20O2/c1-3-14(2)18(20,16-12-8-5-9-13-16)17(19)15-10-6-4-7-11-15/h4-14,20H,3H2,1-2H3. The Morgan fingerprint density at radius 1 is 1.05 bits per heavy atom. The van der Waals surface area contributed by atoms with Crippen molar-refractivity contribution in [2.45, 2.75) is 25.9 Å². The molecule has 2 aromatic carbocycles. The van der Waals surface area contributed by atoms with Gasteiger partial charge in [-0.3, -0.25) is 4.79 Å². The molecule has 0 amide bonds. The highest BCUT2D eigenvalue weighted by Gasteiger charge is 2.42. The van der Waals surface area contributed by atoms with Crippen molar-refractivity contribution in [2.24, 2.45) is 5.92 Å². The number of hydrogen-bond donors (Lipinski definition) is 1. The highest BCUT2D eigenvalue weighted by Crippen LogP contribution is 2.35. The van der Waals surface area contributed by atoms with Crippen LogP contribution in [-0.2, 0) is 5.60 Å². The molecule has 0 saturated carbocycles. The number of aliphatic hydroxyl groups is 1. The highest BCUT2D eigenvalue weighted by molar-refractivity contribution is 6.03. The van der Waals surface area contributed by atoms with Crippen LogP contribution in [-0.4, -0.2) is 10.9 Å². The molecule has 0 fully saturated rings. The van der Waals surface area contributed by atoms with E-state index in [4.69, 9.17) is 0 Å². The van der Waals surface area contributed by atoms with Crippen LogP contribution in [0.2, 0.25) is 0 Å². The average molecular weight is 268 g/mol. The van der Waals surface area contributed by atoms with Crippen LogP contribution in [0.3, 0.4) is 0 Å². The number of rotatable bonds is 5. The average Bonchev–Trinajstić information content (AvgIpc) is 2.54. The number of Topliss-reactive ketones (excluding diaryl/α,β-unsaturated/α-hetero) is 1. The Labute approximate surface area is 120 Å². The minimum atomic E-state index is -1.47. The number of hydrogen-bond acceptors (Lipinski definition) is 2. The fraction of sp³-hybridized carbons (Fsp3) is 0.278. The number of carbonyl (C=O) groups excluding carboxylic acids is 1. The van der Waals surface area contributed by atoms with E-state index in [0.717, 1.165) is 6.42 Å². The summed E-state index contributed by atoms with van der Waals surface area (Å²) in [6, 6.07) is 18.2. The van der Waals surface area contributed by atoms with Gasteiger partial charge in [0, 0.05) is 5.56 Å². The van der Waals surface area contributed by atoms with Crippen molar-refractivity contribution in [2.75, 3.05) is 0 Å². The summed E-state index contributed by atoms with van der Waals surface area (Å²) in [5.41, 5.74) is -0.278. The minimum Gasteiger partial charge on any atom is -0.377 e. The first-order valence-electron chi connectivity index (χ1n) is 6.98. The second-order valence-electron chi connectivity index (χ2n) is 5.14. The largest absolute Gasteiger partial charge is 0.377 e. The predicted octanol–water partition coefficient (Wildman–Crippen LogP) is 3.80. The lowest BCUT2D eigenvalue weighted by atomic mass is 9.76. The number of benzene rings is 2.